The predicted octanol–water partition coefficient (Wildman–Crippen LogP) is 1.73. The van der Waals surface area contributed by atoms with Crippen molar-refractivity contribution in [3.63, 3.8) is 0 Å². The Bertz CT molecular complexity index is 779. The number of aromatic nitrogens is 2. The molecule has 1 aliphatic heterocycles. The number of piperazine rings is 1. The van der Waals surface area contributed by atoms with Gasteiger partial charge in [-0.25, -0.2) is 9.78 Å². The van der Waals surface area contributed by atoms with Gasteiger partial charge in [-0.3, -0.25) is 10.1 Å². The van der Waals surface area contributed by atoms with Crippen molar-refractivity contribution >= 4 is 28.6 Å². The largest absolute Gasteiger partial charge is 0.497 e. The first-order valence-corrected chi connectivity index (χ1v) is 8.59. The second kappa shape index (κ2) is 7.47. The number of nitrogens with one attached hydrogen (secondary N) is 1. The van der Waals surface area contributed by atoms with Crippen LogP contribution < -0.4 is 10.1 Å². The summed E-state index contributed by atoms with van der Waals surface area (Å²) in [7, 11) is 1.61. The van der Waals surface area contributed by atoms with Gasteiger partial charge in [0.2, 0.25) is 11.0 Å². The molecular weight excluding hydrogens is 342 g/mol. The summed E-state index contributed by atoms with van der Waals surface area (Å²) >= 11 is 1.12. The molecule has 132 valence electrons. The molecule has 1 aromatic carbocycles. The third kappa shape index (κ3) is 4.24. The van der Waals surface area contributed by atoms with Crippen LogP contribution in [-0.2, 0) is 11.3 Å². The van der Waals surface area contributed by atoms with Gasteiger partial charge >= 0.3 is 6.03 Å². The molecule has 0 atom stereocenters. The topological polar surface area (TPSA) is 87.7 Å². The lowest BCUT2D eigenvalue weighted by Gasteiger charge is -2.34. The minimum absolute atomic E-state index is 0.0492. The summed E-state index contributed by atoms with van der Waals surface area (Å²) in [6.45, 7) is 3.26. The fourth-order valence-corrected chi connectivity index (χ4v) is 3.12. The van der Waals surface area contributed by atoms with E-state index in [4.69, 9.17) is 4.74 Å². The number of nitrogens with zero attached hydrogens (tertiary/aromatic N) is 4. The zero-order chi connectivity index (χ0) is 17.8. The van der Waals surface area contributed by atoms with Crippen LogP contribution in [0.15, 0.2) is 24.3 Å². The van der Waals surface area contributed by atoms with Gasteiger partial charge in [-0.1, -0.05) is 12.1 Å². The van der Waals surface area contributed by atoms with E-state index in [-0.39, 0.29) is 18.5 Å². The van der Waals surface area contributed by atoms with Crippen molar-refractivity contribution in [3.05, 3.63) is 35.7 Å². The number of hydrogen-bond acceptors (Lipinski definition) is 6. The molecular formula is C16H19N5O3S. The van der Waals surface area contributed by atoms with Crippen LogP contribution >= 0.6 is 11.5 Å². The summed E-state index contributed by atoms with van der Waals surface area (Å²) in [5, 5.41) is 3.12. The lowest BCUT2D eigenvalue weighted by Crippen LogP contribution is -2.52. The number of urea groups is 1. The molecule has 9 heteroatoms. The molecule has 0 saturated carbocycles. The summed E-state index contributed by atoms with van der Waals surface area (Å²) in [4.78, 5) is 31.9. The number of hydrogen-bond donors (Lipinski definition) is 1. The summed E-state index contributed by atoms with van der Waals surface area (Å²) in [5.74, 6) is 1.28. The molecule has 2 aromatic rings. The number of methoxy groups -OCH3 is 1. The van der Waals surface area contributed by atoms with Crippen molar-refractivity contribution in [2.45, 2.75) is 13.5 Å². The van der Waals surface area contributed by atoms with Crippen molar-refractivity contribution in [1.29, 1.82) is 0 Å². The van der Waals surface area contributed by atoms with Gasteiger partial charge in [-0.15, -0.1) is 0 Å². The first-order valence-electron chi connectivity index (χ1n) is 7.82. The average Bonchev–Trinajstić information content (AvgIpc) is 3.01. The molecule has 3 amide bonds. The lowest BCUT2D eigenvalue weighted by molar-refractivity contribution is -0.135. The molecule has 0 bridgehead atoms. The Hall–Kier alpha value is -2.68. The molecule has 8 nitrogen and oxygen atoms in total. The number of anilines is 1. The fraction of sp³-hybridized carbons (Fsp3) is 0.375. The van der Waals surface area contributed by atoms with E-state index in [9.17, 15) is 9.59 Å². The van der Waals surface area contributed by atoms with E-state index in [1.54, 1.807) is 18.9 Å². The van der Waals surface area contributed by atoms with Crippen LogP contribution in [0.3, 0.4) is 0 Å². The van der Waals surface area contributed by atoms with Gasteiger partial charge in [0.05, 0.1) is 7.11 Å². The minimum Gasteiger partial charge on any atom is -0.497 e. The van der Waals surface area contributed by atoms with E-state index < -0.39 is 0 Å². The van der Waals surface area contributed by atoms with E-state index >= 15 is 0 Å². The smallest absolute Gasteiger partial charge is 0.324 e. The first-order chi connectivity index (χ1) is 12.0. The third-order valence-corrected chi connectivity index (χ3v) is 4.58. The molecule has 2 heterocycles. The Balaban J connectivity index is 1.56. The van der Waals surface area contributed by atoms with Crippen LogP contribution in [0.5, 0.6) is 5.75 Å². The number of aryl methyl sites for hydroxylation is 1. The van der Waals surface area contributed by atoms with Gasteiger partial charge in [0.1, 0.15) is 18.1 Å². The number of rotatable bonds is 4. The highest BCUT2D eigenvalue weighted by molar-refractivity contribution is 7.09. The maximum absolute atomic E-state index is 12.4. The molecule has 1 N–H and O–H groups in total. The second-order valence-electron chi connectivity index (χ2n) is 5.67. The summed E-state index contributed by atoms with van der Waals surface area (Å²) in [5.41, 5.74) is 0.995. The normalized spacial score (nSPS) is 14.6. The summed E-state index contributed by atoms with van der Waals surface area (Å²) in [6.07, 6.45) is 0. The van der Waals surface area contributed by atoms with Crippen LogP contribution in [0, 0.1) is 6.92 Å². The molecule has 0 radical (unpaired) electrons. The van der Waals surface area contributed by atoms with Crippen molar-refractivity contribution < 1.29 is 14.3 Å². The molecule has 25 heavy (non-hydrogen) atoms. The Kier molecular flexibility index (Phi) is 5.13. The second-order valence-corrected chi connectivity index (χ2v) is 6.42. The standard InChI is InChI=1S/C16H19N5O3S/c1-11-17-15(25-19-11)18-16(23)21-7-6-20(14(22)10-21)9-12-4-3-5-13(8-12)24-2/h3-5,8H,6-7,9-10H2,1-2H3,(H,17,18,19,23). The van der Waals surface area contributed by atoms with E-state index in [1.807, 2.05) is 24.3 Å². The van der Waals surface area contributed by atoms with Gasteiger partial charge in [-0.05, 0) is 24.6 Å². The molecule has 0 aliphatic carbocycles. The molecule has 0 unspecified atom stereocenters. The molecule has 1 saturated heterocycles. The Morgan fingerprint density at radius 1 is 1.40 bits per heavy atom. The number of amides is 3. The number of carbonyl (C=O) groups is 2. The predicted molar refractivity (Wildman–Crippen MR) is 93.6 cm³/mol. The fourth-order valence-electron chi connectivity index (χ4n) is 2.56. The van der Waals surface area contributed by atoms with Crippen LogP contribution in [-0.4, -0.2) is 57.8 Å². The Labute approximate surface area is 149 Å². The number of ether oxygens (including phenoxy) is 1. The SMILES string of the molecule is COc1cccc(CN2CCN(C(=O)Nc3nc(C)ns3)CC2=O)c1. The van der Waals surface area contributed by atoms with Crippen LogP contribution in [0.4, 0.5) is 9.93 Å². The van der Waals surface area contributed by atoms with Gasteiger partial charge in [0.25, 0.3) is 0 Å². The van der Waals surface area contributed by atoms with Crippen LogP contribution in [0.2, 0.25) is 0 Å². The quantitative estimate of drug-likeness (QED) is 0.896. The molecule has 1 fully saturated rings. The van der Waals surface area contributed by atoms with Gasteiger partial charge in [0.15, 0.2) is 0 Å². The summed E-state index contributed by atoms with van der Waals surface area (Å²) in [6, 6.07) is 7.29. The highest BCUT2D eigenvalue weighted by atomic mass is 32.1. The van der Waals surface area contributed by atoms with Crippen LogP contribution in [0.25, 0.3) is 0 Å². The lowest BCUT2D eigenvalue weighted by atomic mass is 10.2. The van der Waals surface area contributed by atoms with Gasteiger partial charge in [0, 0.05) is 31.2 Å². The highest BCUT2D eigenvalue weighted by Crippen LogP contribution is 2.17. The molecule has 0 spiro atoms. The van der Waals surface area contributed by atoms with Crippen molar-refractivity contribution in [3.8, 4) is 5.75 Å². The van der Waals surface area contributed by atoms with E-state index in [0.717, 1.165) is 22.8 Å². The van der Waals surface area contributed by atoms with Gasteiger partial charge in [-0.2, -0.15) is 4.37 Å². The highest BCUT2D eigenvalue weighted by Gasteiger charge is 2.27. The first kappa shape index (κ1) is 17.2. The van der Waals surface area contributed by atoms with Gasteiger partial charge < -0.3 is 14.5 Å². The minimum atomic E-state index is -0.328. The Morgan fingerprint density at radius 3 is 2.92 bits per heavy atom. The summed E-state index contributed by atoms with van der Waals surface area (Å²) < 4.78 is 9.22. The molecule has 3 rings (SSSR count). The molecule has 1 aromatic heterocycles. The maximum atomic E-state index is 12.4. The third-order valence-electron chi connectivity index (χ3n) is 3.85. The van der Waals surface area contributed by atoms with E-state index in [1.165, 1.54) is 4.90 Å². The van der Waals surface area contributed by atoms with Crippen LogP contribution in [0.1, 0.15) is 11.4 Å². The van der Waals surface area contributed by atoms with E-state index in [0.29, 0.717) is 30.6 Å². The van der Waals surface area contributed by atoms with Crippen molar-refractivity contribution in [1.82, 2.24) is 19.2 Å². The number of carbonyl (C=O) groups excluding carboxylic acids is 2. The Morgan fingerprint density at radius 2 is 2.24 bits per heavy atom. The monoisotopic (exact) mass is 361 g/mol. The average molecular weight is 361 g/mol. The molecule has 1 aliphatic rings. The van der Waals surface area contributed by atoms with Crippen molar-refractivity contribution in [2.24, 2.45) is 0 Å². The number of benzene rings is 1. The maximum Gasteiger partial charge on any atom is 0.324 e. The van der Waals surface area contributed by atoms with E-state index in [2.05, 4.69) is 14.7 Å². The zero-order valence-electron chi connectivity index (χ0n) is 14.1. The zero-order valence-corrected chi connectivity index (χ0v) is 14.9. The van der Waals surface area contributed by atoms with Crippen molar-refractivity contribution in [2.75, 3.05) is 32.1 Å².